The minimum atomic E-state index is -0.0829. The van der Waals surface area contributed by atoms with Crippen molar-refractivity contribution in [3.63, 3.8) is 0 Å². The Kier molecular flexibility index (Phi) is 13.0. The number of benzene rings is 2. The van der Waals surface area contributed by atoms with Crippen LogP contribution in [0.3, 0.4) is 0 Å². The molecule has 0 aromatic heterocycles. The zero-order valence-electron chi connectivity index (χ0n) is 19.9. The number of ether oxygens (including phenoxy) is 2. The second kappa shape index (κ2) is 15.2. The van der Waals surface area contributed by atoms with Crippen LogP contribution < -0.4 is 25.4 Å². The Balaban J connectivity index is 0.00000544. The zero-order valence-corrected chi connectivity index (χ0v) is 22.2. The number of carbonyl (C=O) groups excluding carboxylic acids is 1. The summed E-state index contributed by atoms with van der Waals surface area (Å²) < 4.78 is 11.0. The third-order valence-corrected chi connectivity index (χ3v) is 4.87. The second-order valence-electron chi connectivity index (χ2n) is 7.13. The number of guanidine groups is 1. The van der Waals surface area contributed by atoms with Crippen LogP contribution in [0.2, 0.25) is 0 Å². The van der Waals surface area contributed by atoms with Crippen molar-refractivity contribution in [1.29, 1.82) is 0 Å². The molecule has 0 saturated carbocycles. The van der Waals surface area contributed by atoms with Crippen molar-refractivity contribution in [2.75, 3.05) is 34.4 Å². The lowest BCUT2D eigenvalue weighted by atomic mass is 10.1. The minimum Gasteiger partial charge on any atom is -0.493 e. The number of rotatable bonds is 11. The summed E-state index contributed by atoms with van der Waals surface area (Å²) in [4.78, 5) is 16.5. The molecule has 0 atom stereocenters. The molecule has 0 heterocycles. The highest BCUT2D eigenvalue weighted by molar-refractivity contribution is 14.0. The smallest absolute Gasteiger partial charge is 0.251 e. The Labute approximate surface area is 214 Å². The largest absolute Gasteiger partial charge is 0.493 e. The average molecular weight is 566 g/mol. The normalized spacial score (nSPS) is 10.6. The van der Waals surface area contributed by atoms with Crippen LogP contribution in [0.4, 0.5) is 0 Å². The van der Waals surface area contributed by atoms with E-state index in [9.17, 15) is 4.79 Å². The van der Waals surface area contributed by atoms with Gasteiger partial charge in [-0.1, -0.05) is 18.2 Å². The molecular formula is C25H35IN4O3. The molecule has 0 radical (unpaired) electrons. The predicted molar refractivity (Wildman–Crippen MR) is 145 cm³/mol. The van der Waals surface area contributed by atoms with E-state index in [1.165, 1.54) is 0 Å². The second-order valence-corrected chi connectivity index (χ2v) is 7.13. The van der Waals surface area contributed by atoms with Gasteiger partial charge in [-0.3, -0.25) is 4.79 Å². The maximum Gasteiger partial charge on any atom is 0.251 e. The molecule has 0 aliphatic heterocycles. The van der Waals surface area contributed by atoms with Crippen LogP contribution in [0.1, 0.15) is 34.0 Å². The van der Waals surface area contributed by atoms with Crippen LogP contribution in [-0.4, -0.2) is 46.2 Å². The predicted octanol–water partition coefficient (Wildman–Crippen LogP) is 3.71. The lowest BCUT2D eigenvalue weighted by molar-refractivity contribution is 0.0963. The summed E-state index contributed by atoms with van der Waals surface area (Å²) in [6.07, 6.45) is 3.30. The summed E-state index contributed by atoms with van der Waals surface area (Å²) in [5, 5.41) is 9.28. The summed E-state index contributed by atoms with van der Waals surface area (Å²) in [6.45, 7) is 7.80. The molecule has 2 aromatic carbocycles. The molecule has 2 rings (SSSR count). The number of hydrogen-bond donors (Lipinski definition) is 3. The van der Waals surface area contributed by atoms with Crippen molar-refractivity contribution >= 4 is 35.8 Å². The SMILES string of the molecule is C=CCc1cc(CN=C(NCC)NCCc2cccc(C(=O)NC)c2)cc(OC)c1OC.I. The van der Waals surface area contributed by atoms with Crippen molar-refractivity contribution in [3.8, 4) is 11.5 Å². The first-order valence-corrected chi connectivity index (χ1v) is 10.7. The summed E-state index contributed by atoms with van der Waals surface area (Å²) in [5.74, 6) is 2.06. The van der Waals surface area contributed by atoms with E-state index in [1.807, 2.05) is 43.3 Å². The van der Waals surface area contributed by atoms with Gasteiger partial charge >= 0.3 is 0 Å². The van der Waals surface area contributed by atoms with E-state index in [2.05, 4.69) is 28.6 Å². The van der Waals surface area contributed by atoms with Crippen LogP contribution in [-0.2, 0) is 19.4 Å². The summed E-state index contributed by atoms with van der Waals surface area (Å²) in [7, 11) is 4.90. The van der Waals surface area contributed by atoms with Gasteiger partial charge in [0.25, 0.3) is 5.91 Å². The third-order valence-electron chi connectivity index (χ3n) is 4.87. The number of hydrogen-bond acceptors (Lipinski definition) is 4. The topological polar surface area (TPSA) is 84.0 Å². The Morgan fingerprint density at radius 1 is 1.12 bits per heavy atom. The van der Waals surface area contributed by atoms with Crippen molar-refractivity contribution in [2.24, 2.45) is 4.99 Å². The van der Waals surface area contributed by atoms with Gasteiger partial charge in [0.1, 0.15) is 0 Å². The van der Waals surface area contributed by atoms with E-state index < -0.39 is 0 Å². The van der Waals surface area contributed by atoms with Crippen LogP contribution in [0.15, 0.2) is 54.0 Å². The van der Waals surface area contributed by atoms with E-state index in [-0.39, 0.29) is 29.9 Å². The fraction of sp³-hybridized carbons (Fsp3) is 0.360. The fourth-order valence-electron chi connectivity index (χ4n) is 3.35. The zero-order chi connectivity index (χ0) is 23.3. The number of nitrogens with one attached hydrogen (secondary N) is 3. The van der Waals surface area contributed by atoms with Gasteiger partial charge in [-0.2, -0.15) is 0 Å². The first-order chi connectivity index (χ1) is 15.6. The molecule has 0 spiro atoms. The molecule has 180 valence electrons. The molecule has 0 aliphatic rings. The number of carbonyl (C=O) groups is 1. The van der Waals surface area contributed by atoms with E-state index >= 15 is 0 Å². The molecular weight excluding hydrogens is 531 g/mol. The number of halogens is 1. The molecule has 8 heteroatoms. The molecule has 3 N–H and O–H groups in total. The number of nitrogens with zero attached hydrogens (tertiary/aromatic N) is 1. The van der Waals surface area contributed by atoms with Gasteiger partial charge in [-0.15, -0.1) is 30.6 Å². The van der Waals surface area contributed by atoms with E-state index in [0.717, 1.165) is 41.4 Å². The summed E-state index contributed by atoms with van der Waals surface area (Å²) >= 11 is 0. The Bertz CT molecular complexity index is 947. The standard InChI is InChI=1S/C25H34N4O3.HI/c1-6-9-20-15-19(16-22(31-4)23(20)32-5)17-29-25(27-7-2)28-13-12-18-10-8-11-21(14-18)24(30)26-3;/h6,8,10-11,14-16H,1,7,9,12-13,17H2,2-5H3,(H,26,30)(H2,27,28,29);1H. The van der Waals surface area contributed by atoms with Gasteiger partial charge < -0.3 is 25.4 Å². The van der Waals surface area contributed by atoms with Crippen LogP contribution >= 0.6 is 24.0 Å². The van der Waals surface area contributed by atoms with Gasteiger partial charge in [0.05, 0.1) is 20.8 Å². The monoisotopic (exact) mass is 566 g/mol. The molecule has 2 aromatic rings. The molecule has 7 nitrogen and oxygen atoms in total. The molecule has 0 unspecified atom stereocenters. The van der Waals surface area contributed by atoms with Gasteiger partial charge in [-0.05, 0) is 55.2 Å². The maximum absolute atomic E-state index is 11.8. The summed E-state index contributed by atoms with van der Waals surface area (Å²) in [5.41, 5.74) is 3.79. The van der Waals surface area contributed by atoms with E-state index in [0.29, 0.717) is 30.8 Å². The number of aliphatic imine (C=N–C) groups is 1. The van der Waals surface area contributed by atoms with Crippen molar-refractivity contribution in [3.05, 3.63) is 71.3 Å². The Hall–Kier alpha value is -2.75. The number of allylic oxidation sites excluding steroid dienone is 1. The Morgan fingerprint density at radius 2 is 1.91 bits per heavy atom. The molecule has 0 bridgehead atoms. The number of amides is 1. The lowest BCUT2D eigenvalue weighted by Crippen LogP contribution is -2.38. The van der Waals surface area contributed by atoms with Crippen molar-refractivity contribution in [2.45, 2.75) is 26.3 Å². The van der Waals surface area contributed by atoms with E-state index in [1.54, 1.807) is 21.3 Å². The van der Waals surface area contributed by atoms with Gasteiger partial charge in [0, 0.05) is 31.3 Å². The average Bonchev–Trinajstić information content (AvgIpc) is 2.82. The van der Waals surface area contributed by atoms with Crippen LogP contribution in [0.25, 0.3) is 0 Å². The molecule has 0 aliphatic carbocycles. The molecule has 1 amide bonds. The first kappa shape index (κ1) is 28.3. The molecule has 0 fully saturated rings. The fourth-order valence-corrected chi connectivity index (χ4v) is 3.35. The van der Waals surface area contributed by atoms with Crippen LogP contribution in [0, 0.1) is 0 Å². The van der Waals surface area contributed by atoms with Gasteiger partial charge in [0.15, 0.2) is 17.5 Å². The Morgan fingerprint density at radius 3 is 2.55 bits per heavy atom. The number of methoxy groups -OCH3 is 2. The van der Waals surface area contributed by atoms with Crippen LogP contribution in [0.5, 0.6) is 11.5 Å². The van der Waals surface area contributed by atoms with Crippen molar-refractivity contribution in [1.82, 2.24) is 16.0 Å². The quantitative estimate of drug-likeness (QED) is 0.167. The summed E-state index contributed by atoms with van der Waals surface area (Å²) in [6, 6.07) is 11.7. The lowest BCUT2D eigenvalue weighted by Gasteiger charge is -2.15. The molecule has 0 saturated heterocycles. The highest BCUT2D eigenvalue weighted by Gasteiger charge is 2.12. The first-order valence-electron chi connectivity index (χ1n) is 10.7. The third kappa shape index (κ3) is 8.60. The molecule has 33 heavy (non-hydrogen) atoms. The minimum absolute atomic E-state index is 0. The van der Waals surface area contributed by atoms with Crippen molar-refractivity contribution < 1.29 is 14.3 Å². The van der Waals surface area contributed by atoms with Gasteiger partial charge in [-0.25, -0.2) is 4.99 Å². The maximum atomic E-state index is 11.8. The highest BCUT2D eigenvalue weighted by Crippen LogP contribution is 2.33. The van der Waals surface area contributed by atoms with Gasteiger partial charge in [0.2, 0.25) is 0 Å². The van der Waals surface area contributed by atoms with E-state index in [4.69, 9.17) is 14.5 Å². The highest BCUT2D eigenvalue weighted by atomic mass is 127.